The van der Waals surface area contributed by atoms with Gasteiger partial charge in [-0.05, 0) is 23.8 Å². The average Bonchev–Trinajstić information content (AvgIpc) is 3.35. The van der Waals surface area contributed by atoms with Gasteiger partial charge in [0.25, 0.3) is 18.8 Å². The Bertz CT molecular complexity index is 1240. The van der Waals surface area contributed by atoms with E-state index in [0.29, 0.717) is 27.8 Å². The quantitative estimate of drug-likeness (QED) is 0.428. The van der Waals surface area contributed by atoms with Crippen molar-refractivity contribution in [2.75, 3.05) is 5.32 Å². The number of rotatable bonds is 6. The van der Waals surface area contributed by atoms with Crippen LogP contribution >= 0.6 is 11.6 Å². The Morgan fingerprint density at radius 3 is 2.52 bits per heavy atom. The fraction of sp³-hybridized carbons (Fsp3) is 0.158. The predicted octanol–water partition coefficient (Wildman–Crippen LogP) is 4.76. The van der Waals surface area contributed by atoms with Gasteiger partial charge in [-0.2, -0.15) is 10.2 Å². The molecule has 0 saturated carbocycles. The maximum atomic E-state index is 13.2. The first-order valence-electron chi connectivity index (χ1n) is 8.85. The van der Waals surface area contributed by atoms with Gasteiger partial charge in [-0.3, -0.25) is 9.48 Å². The highest BCUT2D eigenvalue weighted by atomic mass is 35.5. The Morgan fingerprint density at radius 1 is 1.10 bits per heavy atom. The van der Waals surface area contributed by atoms with E-state index in [1.807, 2.05) is 12.1 Å². The average molecular weight is 453 g/mol. The van der Waals surface area contributed by atoms with Crippen molar-refractivity contribution in [1.82, 2.24) is 24.4 Å². The number of nitrogens with zero attached hydrogens (tertiary/aromatic N) is 5. The number of nitrogens with one attached hydrogen (secondary N) is 1. The Labute approximate surface area is 177 Å². The molecule has 4 rings (SSSR count). The van der Waals surface area contributed by atoms with Crippen LogP contribution in [0.25, 0.3) is 5.65 Å². The number of benzene rings is 1. The summed E-state index contributed by atoms with van der Waals surface area (Å²) in [4.78, 5) is 16.1. The molecule has 31 heavy (non-hydrogen) atoms. The lowest BCUT2D eigenvalue weighted by Gasteiger charge is -2.06. The first-order valence-corrected chi connectivity index (χ1v) is 9.23. The van der Waals surface area contributed by atoms with Crippen LogP contribution in [-0.2, 0) is 6.54 Å². The monoisotopic (exact) mass is 452 g/mol. The summed E-state index contributed by atoms with van der Waals surface area (Å²) in [5.41, 5.74) is -0.867. The summed E-state index contributed by atoms with van der Waals surface area (Å²) in [7, 11) is 0. The highest BCUT2D eigenvalue weighted by Gasteiger charge is 2.22. The van der Waals surface area contributed by atoms with Gasteiger partial charge in [-0.15, -0.1) is 0 Å². The summed E-state index contributed by atoms with van der Waals surface area (Å²) in [6.07, 6.45) is -3.15. The van der Waals surface area contributed by atoms with E-state index in [-0.39, 0.29) is 11.3 Å². The molecule has 3 heterocycles. The minimum absolute atomic E-state index is 0.258. The van der Waals surface area contributed by atoms with Crippen LogP contribution in [0.1, 0.15) is 40.3 Å². The number of alkyl halides is 4. The fourth-order valence-electron chi connectivity index (χ4n) is 2.88. The fourth-order valence-corrected chi connectivity index (χ4v) is 3.01. The van der Waals surface area contributed by atoms with Crippen molar-refractivity contribution in [1.29, 1.82) is 0 Å². The molecule has 7 nitrogen and oxygen atoms in total. The SMILES string of the molecule is O=C(Nc1cnn(Cc2ccc(Cl)cc2)c1)c1cc2nc(C(F)F)cc(C(F)F)n2n1. The van der Waals surface area contributed by atoms with Crippen LogP contribution in [0.4, 0.5) is 23.2 Å². The van der Waals surface area contributed by atoms with Crippen LogP contribution in [0, 0.1) is 0 Å². The predicted molar refractivity (Wildman–Crippen MR) is 104 cm³/mol. The van der Waals surface area contributed by atoms with Crippen LogP contribution in [0.15, 0.2) is 48.8 Å². The lowest BCUT2D eigenvalue weighted by molar-refractivity contribution is 0.102. The molecule has 0 fully saturated rings. The summed E-state index contributed by atoms with van der Waals surface area (Å²) >= 11 is 5.85. The molecule has 0 spiro atoms. The van der Waals surface area contributed by atoms with E-state index >= 15 is 0 Å². The largest absolute Gasteiger partial charge is 0.318 e. The summed E-state index contributed by atoms with van der Waals surface area (Å²) in [6.45, 7) is 0.430. The molecule has 12 heteroatoms. The first-order chi connectivity index (χ1) is 14.8. The Morgan fingerprint density at radius 2 is 1.84 bits per heavy atom. The third-order valence-electron chi connectivity index (χ3n) is 4.30. The number of halogens is 5. The highest BCUT2D eigenvalue weighted by Crippen LogP contribution is 2.25. The summed E-state index contributed by atoms with van der Waals surface area (Å²) in [6, 6.07) is 8.78. The van der Waals surface area contributed by atoms with Gasteiger partial charge in [0.15, 0.2) is 11.3 Å². The number of hydrogen-bond donors (Lipinski definition) is 1. The summed E-state index contributed by atoms with van der Waals surface area (Å²) in [5, 5.41) is 11.1. The molecule has 0 radical (unpaired) electrons. The zero-order valence-corrected chi connectivity index (χ0v) is 16.3. The van der Waals surface area contributed by atoms with Gasteiger partial charge >= 0.3 is 0 Å². The second kappa shape index (κ2) is 8.34. The number of aromatic nitrogens is 5. The van der Waals surface area contributed by atoms with Gasteiger partial charge in [-0.25, -0.2) is 27.1 Å². The smallest absolute Gasteiger partial charge is 0.280 e. The van der Waals surface area contributed by atoms with Crippen molar-refractivity contribution in [3.63, 3.8) is 0 Å². The van der Waals surface area contributed by atoms with E-state index in [9.17, 15) is 22.4 Å². The molecule has 160 valence electrons. The zero-order chi connectivity index (χ0) is 22.1. The van der Waals surface area contributed by atoms with Crippen LogP contribution in [0.2, 0.25) is 5.02 Å². The number of carbonyl (C=O) groups excluding carboxylic acids is 1. The molecule has 0 aliphatic carbocycles. The van der Waals surface area contributed by atoms with Gasteiger partial charge in [-0.1, -0.05) is 23.7 Å². The maximum absolute atomic E-state index is 13.2. The van der Waals surface area contributed by atoms with Crippen LogP contribution in [0.3, 0.4) is 0 Å². The Balaban J connectivity index is 1.54. The minimum Gasteiger partial charge on any atom is -0.318 e. The second-order valence-electron chi connectivity index (χ2n) is 6.51. The first kappa shape index (κ1) is 20.8. The van der Waals surface area contributed by atoms with E-state index in [0.717, 1.165) is 11.6 Å². The Kier molecular flexibility index (Phi) is 5.59. The van der Waals surface area contributed by atoms with Crippen molar-refractivity contribution in [2.45, 2.75) is 19.4 Å². The minimum atomic E-state index is -3.08. The van der Waals surface area contributed by atoms with Crippen molar-refractivity contribution >= 4 is 28.8 Å². The third-order valence-corrected chi connectivity index (χ3v) is 4.56. The molecule has 1 N–H and O–H groups in total. The van der Waals surface area contributed by atoms with Crippen LogP contribution in [0.5, 0.6) is 0 Å². The zero-order valence-electron chi connectivity index (χ0n) is 15.5. The molecular weight excluding hydrogens is 440 g/mol. The molecule has 0 atom stereocenters. The van der Waals surface area contributed by atoms with Gasteiger partial charge in [0.05, 0.1) is 18.4 Å². The van der Waals surface area contributed by atoms with E-state index in [1.165, 1.54) is 6.20 Å². The second-order valence-corrected chi connectivity index (χ2v) is 6.95. The van der Waals surface area contributed by atoms with E-state index in [4.69, 9.17) is 11.6 Å². The number of hydrogen-bond acceptors (Lipinski definition) is 4. The Hall–Kier alpha value is -3.47. The van der Waals surface area contributed by atoms with E-state index in [2.05, 4.69) is 20.5 Å². The third kappa shape index (κ3) is 4.50. The molecule has 1 amide bonds. The molecule has 0 saturated heterocycles. The lowest BCUT2D eigenvalue weighted by Crippen LogP contribution is -2.12. The molecule has 1 aromatic carbocycles. The normalized spacial score (nSPS) is 11.6. The summed E-state index contributed by atoms with van der Waals surface area (Å²) < 4.78 is 54.6. The molecule has 4 aromatic rings. The van der Waals surface area contributed by atoms with Crippen LogP contribution in [-0.4, -0.2) is 30.3 Å². The van der Waals surface area contributed by atoms with Crippen molar-refractivity contribution in [2.24, 2.45) is 0 Å². The van der Waals surface area contributed by atoms with Gasteiger partial charge < -0.3 is 5.32 Å². The maximum Gasteiger partial charge on any atom is 0.280 e. The topological polar surface area (TPSA) is 77.1 Å². The van der Waals surface area contributed by atoms with Crippen molar-refractivity contribution in [3.8, 4) is 0 Å². The van der Waals surface area contributed by atoms with Crippen molar-refractivity contribution in [3.05, 3.63) is 76.5 Å². The van der Waals surface area contributed by atoms with Crippen molar-refractivity contribution < 1.29 is 22.4 Å². The molecule has 0 aliphatic rings. The number of fused-ring (bicyclic) bond motifs is 1. The highest BCUT2D eigenvalue weighted by molar-refractivity contribution is 6.30. The van der Waals surface area contributed by atoms with Gasteiger partial charge in [0.1, 0.15) is 11.4 Å². The van der Waals surface area contributed by atoms with Gasteiger partial charge in [0.2, 0.25) is 0 Å². The molecular formula is C19H13ClF4N6O. The van der Waals surface area contributed by atoms with Crippen LogP contribution < -0.4 is 5.32 Å². The lowest BCUT2D eigenvalue weighted by atomic mass is 10.2. The number of anilines is 1. The van der Waals surface area contributed by atoms with Gasteiger partial charge in [0, 0.05) is 17.3 Å². The molecule has 3 aromatic heterocycles. The molecule has 0 aliphatic heterocycles. The standard InChI is InChI=1S/C19H13ClF4N6O/c20-11-3-1-10(2-4-11)8-29-9-12(7-25-29)26-19(31)14-6-16-27-13(17(21)22)5-15(18(23)24)30(16)28-14/h1-7,9,17-18H,8H2,(H,26,31). The summed E-state index contributed by atoms with van der Waals surface area (Å²) in [5.74, 6) is -0.727. The number of amides is 1. The van der Waals surface area contributed by atoms with E-state index < -0.39 is 30.1 Å². The van der Waals surface area contributed by atoms with E-state index in [1.54, 1.807) is 23.0 Å². The number of carbonyl (C=O) groups is 1. The molecule has 0 bridgehead atoms. The molecule has 0 unspecified atom stereocenters.